The van der Waals surface area contributed by atoms with E-state index in [9.17, 15) is 19.5 Å². The van der Waals surface area contributed by atoms with Gasteiger partial charge in [0.2, 0.25) is 17.7 Å². The quantitative estimate of drug-likeness (QED) is 0.622. The Kier molecular flexibility index (Phi) is 6.55. The van der Waals surface area contributed by atoms with Crippen molar-refractivity contribution in [2.45, 2.75) is 45.3 Å². The highest BCUT2D eigenvalue weighted by Crippen LogP contribution is 2.46. The number of likely N-dealkylation sites (tertiary alicyclic amines) is 1. The number of aliphatic hydroxyl groups excluding tert-OH is 1. The minimum atomic E-state index is -0.815. The number of carbonyl (C=O) groups is 3. The molecule has 0 radical (unpaired) electrons. The van der Waals surface area contributed by atoms with Gasteiger partial charge in [-0.15, -0.1) is 0 Å². The number of aliphatic hydroxyl groups is 1. The van der Waals surface area contributed by atoms with Gasteiger partial charge in [0.15, 0.2) is 0 Å². The molecule has 1 fully saturated rings. The number of amides is 3. The maximum atomic E-state index is 13.8. The molecule has 1 aliphatic heterocycles. The van der Waals surface area contributed by atoms with Crippen molar-refractivity contribution in [3.8, 4) is 0 Å². The van der Waals surface area contributed by atoms with Crippen LogP contribution in [0, 0.1) is 23.7 Å². The number of hydrogen-bond acceptors (Lipinski definition) is 4. The number of nitrogens with zero attached hydrogens (tertiary/aromatic N) is 1. The van der Waals surface area contributed by atoms with E-state index in [0.29, 0.717) is 0 Å². The molecule has 7 nitrogen and oxygen atoms in total. The molecule has 2 aliphatic rings. The van der Waals surface area contributed by atoms with E-state index in [2.05, 4.69) is 10.6 Å². The summed E-state index contributed by atoms with van der Waals surface area (Å²) in [6, 6.07) is 7.72. The van der Waals surface area contributed by atoms with Gasteiger partial charge in [-0.2, -0.15) is 0 Å². The molecular weight excluding hydrogens is 394 g/mol. The Bertz CT molecular complexity index is 861. The molecule has 0 unspecified atom stereocenters. The second kappa shape index (κ2) is 8.83. The molecule has 3 amide bonds. The third-order valence-corrected chi connectivity index (χ3v) is 6.22. The molecule has 1 aromatic rings. The van der Waals surface area contributed by atoms with Gasteiger partial charge in [0.05, 0.1) is 24.5 Å². The van der Waals surface area contributed by atoms with Crippen LogP contribution in [0.2, 0.25) is 0 Å². The van der Waals surface area contributed by atoms with Crippen molar-refractivity contribution in [2.24, 2.45) is 23.7 Å². The summed E-state index contributed by atoms with van der Waals surface area (Å²) < 4.78 is 0. The molecule has 3 rings (SSSR count). The summed E-state index contributed by atoms with van der Waals surface area (Å²) in [4.78, 5) is 41.4. The largest absolute Gasteiger partial charge is 0.394 e. The van der Waals surface area contributed by atoms with E-state index < -0.39 is 35.4 Å². The number of hydrogen-bond donors (Lipinski definition) is 3. The smallest absolute Gasteiger partial charge is 0.243 e. The van der Waals surface area contributed by atoms with E-state index in [1.807, 2.05) is 70.2 Å². The standard InChI is InChI=1S/C24H33N3O4/c1-14-11-12-16-19(18(14)21(29)25-5)23(31)27(20(16)22(30)26-24(2,3)4)17(13-28)15-9-7-6-8-10-15/h6-12,14,16-20,28H,13H2,1-5H3,(H,25,29)(H,26,30)/t14-,16+,17-,18-,19-,20+/m1/s1. The monoisotopic (exact) mass is 427 g/mol. The Morgan fingerprint density at radius 2 is 1.77 bits per heavy atom. The first kappa shape index (κ1) is 23.0. The summed E-state index contributed by atoms with van der Waals surface area (Å²) in [5, 5.41) is 15.9. The maximum Gasteiger partial charge on any atom is 0.243 e. The number of fused-ring (bicyclic) bond motifs is 1. The molecule has 168 valence electrons. The number of nitrogens with one attached hydrogen (secondary N) is 2. The number of allylic oxidation sites excluding steroid dienone is 1. The van der Waals surface area contributed by atoms with Crippen molar-refractivity contribution in [3.05, 3.63) is 48.0 Å². The van der Waals surface area contributed by atoms with E-state index in [1.165, 1.54) is 4.90 Å². The number of rotatable bonds is 5. The second-order valence-corrected chi connectivity index (χ2v) is 9.53. The molecule has 6 atom stereocenters. The summed E-state index contributed by atoms with van der Waals surface area (Å²) in [7, 11) is 1.56. The van der Waals surface area contributed by atoms with Crippen molar-refractivity contribution < 1.29 is 19.5 Å². The lowest BCUT2D eigenvalue weighted by Gasteiger charge is -2.35. The Hall–Kier alpha value is -2.67. The van der Waals surface area contributed by atoms with Crippen molar-refractivity contribution in [2.75, 3.05) is 13.7 Å². The van der Waals surface area contributed by atoms with Gasteiger partial charge in [-0.1, -0.05) is 49.4 Å². The van der Waals surface area contributed by atoms with Crippen molar-refractivity contribution >= 4 is 17.7 Å². The SMILES string of the molecule is CNC(=O)[C@H]1[C@@H]2C(=O)N([C@H](CO)c3ccccc3)[C@H](C(=O)NC(C)(C)C)[C@H]2C=C[C@H]1C. The molecule has 1 aromatic carbocycles. The fourth-order valence-corrected chi connectivity index (χ4v) is 4.91. The lowest BCUT2D eigenvalue weighted by Crippen LogP contribution is -2.53. The summed E-state index contributed by atoms with van der Waals surface area (Å²) in [5.41, 5.74) is 0.260. The third-order valence-electron chi connectivity index (χ3n) is 6.22. The highest BCUT2D eigenvalue weighted by Gasteiger charge is 2.58. The van der Waals surface area contributed by atoms with Crippen LogP contribution in [0.1, 0.15) is 39.3 Å². The highest BCUT2D eigenvalue weighted by atomic mass is 16.3. The van der Waals surface area contributed by atoms with Crippen LogP contribution in [0.3, 0.4) is 0 Å². The second-order valence-electron chi connectivity index (χ2n) is 9.53. The predicted molar refractivity (Wildman–Crippen MR) is 118 cm³/mol. The van der Waals surface area contributed by atoms with Gasteiger partial charge >= 0.3 is 0 Å². The van der Waals surface area contributed by atoms with Gasteiger partial charge in [-0.05, 0) is 32.3 Å². The lowest BCUT2D eigenvalue weighted by molar-refractivity contribution is -0.143. The molecule has 1 saturated heterocycles. The van der Waals surface area contributed by atoms with Gasteiger partial charge in [-0.25, -0.2) is 0 Å². The van der Waals surface area contributed by atoms with Crippen LogP contribution in [0.4, 0.5) is 0 Å². The number of benzene rings is 1. The zero-order valence-corrected chi connectivity index (χ0v) is 18.8. The average molecular weight is 428 g/mol. The van der Waals surface area contributed by atoms with E-state index in [4.69, 9.17) is 0 Å². The zero-order chi connectivity index (χ0) is 22.9. The zero-order valence-electron chi connectivity index (χ0n) is 18.8. The molecule has 0 spiro atoms. The average Bonchev–Trinajstić information content (AvgIpc) is 3.00. The van der Waals surface area contributed by atoms with Gasteiger partial charge in [0, 0.05) is 18.5 Å². The fourth-order valence-electron chi connectivity index (χ4n) is 4.91. The van der Waals surface area contributed by atoms with Crippen LogP contribution in [-0.4, -0.2) is 53.0 Å². The molecule has 1 aliphatic carbocycles. The first-order valence-corrected chi connectivity index (χ1v) is 10.8. The predicted octanol–water partition coefficient (Wildman–Crippen LogP) is 1.65. The van der Waals surface area contributed by atoms with Crippen LogP contribution in [0.5, 0.6) is 0 Å². The molecule has 31 heavy (non-hydrogen) atoms. The van der Waals surface area contributed by atoms with E-state index in [-0.39, 0.29) is 30.2 Å². The Morgan fingerprint density at radius 3 is 2.32 bits per heavy atom. The molecule has 0 aromatic heterocycles. The summed E-state index contributed by atoms with van der Waals surface area (Å²) in [6.45, 7) is 7.24. The highest BCUT2D eigenvalue weighted by molar-refractivity contribution is 5.97. The van der Waals surface area contributed by atoms with E-state index in [1.54, 1.807) is 7.05 Å². The van der Waals surface area contributed by atoms with Gasteiger partial charge < -0.3 is 20.6 Å². The minimum absolute atomic E-state index is 0.138. The molecule has 0 saturated carbocycles. The summed E-state index contributed by atoms with van der Waals surface area (Å²) in [5.74, 6) is -2.58. The first-order chi connectivity index (χ1) is 14.6. The van der Waals surface area contributed by atoms with Crippen LogP contribution in [0.25, 0.3) is 0 Å². The molecule has 3 N–H and O–H groups in total. The van der Waals surface area contributed by atoms with Gasteiger partial charge in [-0.3, -0.25) is 14.4 Å². The van der Waals surface area contributed by atoms with Crippen LogP contribution in [-0.2, 0) is 14.4 Å². The van der Waals surface area contributed by atoms with Crippen molar-refractivity contribution in [3.63, 3.8) is 0 Å². The maximum absolute atomic E-state index is 13.8. The lowest BCUT2D eigenvalue weighted by atomic mass is 9.70. The van der Waals surface area contributed by atoms with Gasteiger partial charge in [0.25, 0.3) is 0 Å². The van der Waals surface area contributed by atoms with E-state index in [0.717, 1.165) is 5.56 Å². The van der Waals surface area contributed by atoms with Gasteiger partial charge in [0.1, 0.15) is 6.04 Å². The fraction of sp³-hybridized carbons (Fsp3) is 0.542. The Balaban J connectivity index is 2.11. The molecule has 1 heterocycles. The van der Waals surface area contributed by atoms with Crippen LogP contribution >= 0.6 is 0 Å². The van der Waals surface area contributed by atoms with E-state index >= 15 is 0 Å². The van der Waals surface area contributed by atoms with Crippen molar-refractivity contribution in [1.82, 2.24) is 15.5 Å². The Labute approximate surface area is 183 Å². The molecule has 7 heteroatoms. The Morgan fingerprint density at radius 1 is 1.13 bits per heavy atom. The molecule has 0 bridgehead atoms. The molecular formula is C24H33N3O4. The first-order valence-electron chi connectivity index (χ1n) is 10.8. The van der Waals surface area contributed by atoms with Crippen LogP contribution < -0.4 is 10.6 Å². The van der Waals surface area contributed by atoms with Crippen molar-refractivity contribution in [1.29, 1.82) is 0 Å². The normalized spacial score (nSPS) is 28.8. The summed E-state index contributed by atoms with van der Waals surface area (Å²) in [6.07, 6.45) is 3.82. The number of carbonyl (C=O) groups excluding carboxylic acids is 3. The summed E-state index contributed by atoms with van der Waals surface area (Å²) >= 11 is 0. The topological polar surface area (TPSA) is 98.7 Å². The van der Waals surface area contributed by atoms with Crippen LogP contribution in [0.15, 0.2) is 42.5 Å². The third kappa shape index (κ3) is 4.37. The minimum Gasteiger partial charge on any atom is -0.394 e.